The highest BCUT2D eigenvalue weighted by Crippen LogP contribution is 2.26. The Kier molecular flexibility index (Phi) is 4.07. The molecule has 3 rings (SSSR count). The van der Waals surface area contributed by atoms with Gasteiger partial charge in [-0.15, -0.1) is 11.3 Å². The molecule has 0 radical (unpaired) electrons. The number of piperidine rings is 1. The second kappa shape index (κ2) is 5.99. The Hall–Kier alpha value is -1.66. The van der Waals surface area contributed by atoms with Gasteiger partial charge in [-0.25, -0.2) is 0 Å². The van der Waals surface area contributed by atoms with Crippen LogP contribution in [-0.4, -0.2) is 40.1 Å². The molecule has 1 saturated heterocycles. The van der Waals surface area contributed by atoms with Crippen LogP contribution in [-0.2, 0) is 0 Å². The lowest BCUT2D eigenvalue weighted by molar-refractivity contribution is 0.0526. The zero-order valence-corrected chi connectivity index (χ0v) is 12.9. The molecule has 2 aromatic heterocycles. The van der Waals surface area contributed by atoms with E-state index in [0.717, 1.165) is 30.0 Å². The average Bonchev–Trinajstić information content (AvgIpc) is 3.16. The molecule has 0 aliphatic carbocycles. The van der Waals surface area contributed by atoms with Crippen LogP contribution in [0.2, 0.25) is 0 Å². The van der Waals surface area contributed by atoms with Gasteiger partial charge in [0.2, 0.25) is 0 Å². The second-order valence-electron chi connectivity index (χ2n) is 5.57. The van der Waals surface area contributed by atoms with E-state index in [1.807, 2.05) is 28.5 Å². The van der Waals surface area contributed by atoms with Crippen molar-refractivity contribution in [2.75, 3.05) is 13.1 Å². The molecule has 0 bridgehead atoms. The molecule has 6 heteroatoms. The standard InChI is InChI=1S/C15H20N4OS/c1-10-4-2-6-19(13(10)9-16)15(20)12-8-11(17-18-12)14-5-3-7-21-14/h3,5,7-8,10,13H,2,4,6,9,16H2,1H3,(H,17,18)/t10-,13-/m1/s1. The highest BCUT2D eigenvalue weighted by atomic mass is 32.1. The van der Waals surface area contributed by atoms with E-state index in [2.05, 4.69) is 17.1 Å². The molecule has 0 unspecified atom stereocenters. The summed E-state index contributed by atoms with van der Waals surface area (Å²) in [7, 11) is 0. The largest absolute Gasteiger partial charge is 0.333 e. The number of rotatable bonds is 3. The normalized spacial score (nSPS) is 22.5. The lowest BCUT2D eigenvalue weighted by atomic mass is 9.90. The number of carbonyl (C=O) groups excluding carboxylic acids is 1. The summed E-state index contributed by atoms with van der Waals surface area (Å²) in [5.41, 5.74) is 7.23. The van der Waals surface area contributed by atoms with Gasteiger partial charge < -0.3 is 10.6 Å². The fourth-order valence-electron chi connectivity index (χ4n) is 3.00. The van der Waals surface area contributed by atoms with Gasteiger partial charge in [-0.1, -0.05) is 13.0 Å². The van der Waals surface area contributed by atoms with Gasteiger partial charge >= 0.3 is 0 Å². The number of nitrogens with two attached hydrogens (primary N) is 1. The van der Waals surface area contributed by atoms with Gasteiger partial charge in [0, 0.05) is 19.1 Å². The van der Waals surface area contributed by atoms with Crippen LogP contribution in [0.4, 0.5) is 0 Å². The molecule has 1 fully saturated rings. The Morgan fingerprint density at radius 3 is 3.19 bits per heavy atom. The van der Waals surface area contributed by atoms with Gasteiger partial charge in [-0.2, -0.15) is 5.10 Å². The number of aromatic amines is 1. The Morgan fingerprint density at radius 2 is 2.48 bits per heavy atom. The summed E-state index contributed by atoms with van der Waals surface area (Å²) in [5, 5.41) is 9.15. The van der Waals surface area contributed by atoms with Crippen molar-refractivity contribution in [2.45, 2.75) is 25.8 Å². The maximum atomic E-state index is 12.7. The third kappa shape index (κ3) is 2.73. The van der Waals surface area contributed by atoms with Crippen molar-refractivity contribution in [3.63, 3.8) is 0 Å². The number of amides is 1. The van der Waals surface area contributed by atoms with Gasteiger partial charge in [0.05, 0.1) is 10.6 Å². The average molecular weight is 304 g/mol. The molecule has 112 valence electrons. The van der Waals surface area contributed by atoms with E-state index in [9.17, 15) is 4.79 Å². The number of aromatic nitrogens is 2. The number of likely N-dealkylation sites (tertiary alicyclic amines) is 1. The number of thiophene rings is 1. The van der Waals surface area contributed by atoms with Gasteiger partial charge in [0.1, 0.15) is 0 Å². The monoisotopic (exact) mass is 304 g/mol. The SMILES string of the molecule is C[C@@H]1CCCN(C(=O)c2cc(-c3cccs3)[nH]n2)[C@@H]1CN. The molecular weight excluding hydrogens is 284 g/mol. The number of nitrogens with one attached hydrogen (secondary N) is 1. The highest BCUT2D eigenvalue weighted by molar-refractivity contribution is 7.13. The molecule has 2 aromatic rings. The minimum atomic E-state index is -0.0175. The summed E-state index contributed by atoms with van der Waals surface area (Å²) in [6.07, 6.45) is 2.16. The number of carbonyl (C=O) groups is 1. The van der Waals surface area contributed by atoms with Crippen molar-refractivity contribution >= 4 is 17.2 Å². The lowest BCUT2D eigenvalue weighted by Gasteiger charge is -2.39. The first-order valence-electron chi connectivity index (χ1n) is 7.31. The summed E-state index contributed by atoms with van der Waals surface area (Å²) in [6.45, 7) is 3.44. The van der Waals surface area contributed by atoms with Crippen molar-refractivity contribution in [3.8, 4) is 10.6 Å². The molecule has 1 amide bonds. The van der Waals surface area contributed by atoms with Crippen LogP contribution < -0.4 is 5.73 Å². The number of hydrogen-bond donors (Lipinski definition) is 2. The van der Waals surface area contributed by atoms with E-state index in [1.165, 1.54) is 0 Å². The summed E-state index contributed by atoms with van der Waals surface area (Å²) >= 11 is 1.63. The maximum Gasteiger partial charge on any atom is 0.274 e. The molecule has 1 aliphatic rings. The first-order valence-corrected chi connectivity index (χ1v) is 8.19. The number of hydrogen-bond acceptors (Lipinski definition) is 4. The van der Waals surface area contributed by atoms with Crippen molar-refractivity contribution in [1.29, 1.82) is 0 Å². The topological polar surface area (TPSA) is 75.0 Å². The molecular formula is C15H20N4OS. The van der Waals surface area contributed by atoms with Crippen LogP contribution in [0.1, 0.15) is 30.3 Å². The molecule has 3 N–H and O–H groups in total. The zero-order chi connectivity index (χ0) is 14.8. The molecule has 0 aromatic carbocycles. The van der Waals surface area contributed by atoms with E-state index in [0.29, 0.717) is 18.2 Å². The second-order valence-corrected chi connectivity index (χ2v) is 6.51. The molecule has 3 heterocycles. The molecule has 0 spiro atoms. The van der Waals surface area contributed by atoms with Crippen LogP contribution >= 0.6 is 11.3 Å². The molecule has 5 nitrogen and oxygen atoms in total. The molecule has 0 saturated carbocycles. The predicted octanol–water partition coefficient (Wildman–Crippen LogP) is 2.34. The van der Waals surface area contributed by atoms with Gasteiger partial charge in [0.15, 0.2) is 5.69 Å². The van der Waals surface area contributed by atoms with Crippen LogP contribution in [0.15, 0.2) is 23.6 Å². The summed E-state index contributed by atoms with van der Waals surface area (Å²) in [6, 6.07) is 5.95. The van der Waals surface area contributed by atoms with E-state index >= 15 is 0 Å². The third-order valence-electron chi connectivity index (χ3n) is 4.20. The maximum absolute atomic E-state index is 12.7. The summed E-state index contributed by atoms with van der Waals surface area (Å²) < 4.78 is 0. The van der Waals surface area contributed by atoms with Gasteiger partial charge in [-0.3, -0.25) is 9.89 Å². The quantitative estimate of drug-likeness (QED) is 0.914. The summed E-state index contributed by atoms with van der Waals surface area (Å²) in [4.78, 5) is 15.7. The number of H-pyrrole nitrogens is 1. The van der Waals surface area contributed by atoms with Gasteiger partial charge in [-0.05, 0) is 36.3 Å². The minimum Gasteiger partial charge on any atom is -0.333 e. The van der Waals surface area contributed by atoms with Crippen molar-refractivity contribution in [1.82, 2.24) is 15.1 Å². The first-order chi connectivity index (χ1) is 10.2. The molecule has 2 atom stereocenters. The Balaban J connectivity index is 1.81. The van der Waals surface area contributed by atoms with Crippen molar-refractivity contribution in [3.05, 3.63) is 29.3 Å². The van der Waals surface area contributed by atoms with Crippen LogP contribution in [0.5, 0.6) is 0 Å². The van der Waals surface area contributed by atoms with Crippen molar-refractivity contribution < 1.29 is 4.79 Å². The Morgan fingerprint density at radius 1 is 1.62 bits per heavy atom. The van der Waals surface area contributed by atoms with E-state index in [-0.39, 0.29) is 11.9 Å². The first kappa shape index (κ1) is 14.3. The van der Waals surface area contributed by atoms with Crippen LogP contribution in [0.3, 0.4) is 0 Å². The minimum absolute atomic E-state index is 0.0175. The lowest BCUT2D eigenvalue weighted by Crippen LogP contribution is -2.51. The fraction of sp³-hybridized carbons (Fsp3) is 0.467. The fourth-order valence-corrected chi connectivity index (χ4v) is 3.69. The van der Waals surface area contributed by atoms with Crippen molar-refractivity contribution in [2.24, 2.45) is 11.7 Å². The zero-order valence-electron chi connectivity index (χ0n) is 12.1. The van der Waals surface area contributed by atoms with Crippen LogP contribution in [0, 0.1) is 5.92 Å². The van der Waals surface area contributed by atoms with Crippen LogP contribution in [0.25, 0.3) is 10.6 Å². The molecule has 21 heavy (non-hydrogen) atoms. The summed E-state index contributed by atoms with van der Waals surface area (Å²) in [5.74, 6) is 0.430. The van der Waals surface area contributed by atoms with E-state index < -0.39 is 0 Å². The predicted molar refractivity (Wildman–Crippen MR) is 84.2 cm³/mol. The molecule has 1 aliphatic heterocycles. The van der Waals surface area contributed by atoms with E-state index in [4.69, 9.17) is 5.73 Å². The van der Waals surface area contributed by atoms with Gasteiger partial charge in [0.25, 0.3) is 5.91 Å². The smallest absolute Gasteiger partial charge is 0.274 e. The Labute approximate surface area is 128 Å². The van der Waals surface area contributed by atoms with E-state index in [1.54, 1.807) is 11.3 Å². The highest BCUT2D eigenvalue weighted by Gasteiger charge is 2.32. The number of nitrogens with zero attached hydrogens (tertiary/aromatic N) is 2. The Bertz CT molecular complexity index is 607. The third-order valence-corrected chi connectivity index (χ3v) is 5.10.